The van der Waals surface area contributed by atoms with Crippen molar-refractivity contribution >= 4 is 11.6 Å². The molecule has 1 aliphatic heterocycles. The molecule has 1 aromatic rings. The molecule has 1 atom stereocenters. The van der Waals surface area contributed by atoms with Gasteiger partial charge in [-0.2, -0.15) is 0 Å². The minimum atomic E-state index is 0.774. The fourth-order valence-corrected chi connectivity index (χ4v) is 2.67. The number of hydrogen-bond donors (Lipinski definition) is 1. The minimum Gasteiger partial charge on any atom is -0.493 e. The molecule has 0 amide bonds. The van der Waals surface area contributed by atoms with Gasteiger partial charge in [0.2, 0.25) is 0 Å². The summed E-state index contributed by atoms with van der Waals surface area (Å²) in [6.07, 6.45) is 4.73. The van der Waals surface area contributed by atoms with Crippen LogP contribution in [0.25, 0.3) is 0 Å². The van der Waals surface area contributed by atoms with E-state index in [9.17, 15) is 0 Å². The molecule has 2 rings (SSSR count). The lowest BCUT2D eigenvalue weighted by molar-refractivity contribution is 0.252. The summed E-state index contributed by atoms with van der Waals surface area (Å²) in [4.78, 5) is 0. The molecule has 18 heavy (non-hydrogen) atoms. The molecular weight excluding hydrogens is 246 g/mol. The Labute approximate surface area is 115 Å². The number of benzene rings is 1. The lowest BCUT2D eigenvalue weighted by Gasteiger charge is -2.22. The third-order valence-electron chi connectivity index (χ3n) is 3.59. The van der Waals surface area contributed by atoms with Gasteiger partial charge in [-0.3, -0.25) is 0 Å². The van der Waals surface area contributed by atoms with Crippen molar-refractivity contribution in [3.05, 3.63) is 28.8 Å². The first-order valence-electron chi connectivity index (χ1n) is 6.91. The molecule has 100 valence electrons. The first kappa shape index (κ1) is 13.7. The quantitative estimate of drug-likeness (QED) is 0.879. The fraction of sp³-hybridized carbons (Fsp3) is 0.600. The van der Waals surface area contributed by atoms with Crippen LogP contribution in [-0.4, -0.2) is 19.7 Å². The summed E-state index contributed by atoms with van der Waals surface area (Å²) >= 11 is 5.99. The fourth-order valence-electron chi connectivity index (χ4n) is 2.47. The minimum absolute atomic E-state index is 0.774. The lowest BCUT2D eigenvalue weighted by Crippen LogP contribution is -2.30. The highest BCUT2D eigenvalue weighted by Gasteiger charge is 2.13. The molecule has 1 aromatic carbocycles. The van der Waals surface area contributed by atoms with E-state index in [4.69, 9.17) is 16.3 Å². The van der Waals surface area contributed by atoms with Crippen molar-refractivity contribution in [1.29, 1.82) is 0 Å². The molecule has 0 spiro atoms. The predicted octanol–water partition coefficient (Wildman–Crippen LogP) is 3.67. The normalized spacial score (nSPS) is 19.8. The number of aryl methyl sites for hydroxylation is 1. The zero-order valence-electron chi connectivity index (χ0n) is 11.0. The summed E-state index contributed by atoms with van der Waals surface area (Å²) in [5, 5.41) is 4.23. The van der Waals surface area contributed by atoms with Crippen molar-refractivity contribution in [1.82, 2.24) is 5.32 Å². The van der Waals surface area contributed by atoms with Crippen molar-refractivity contribution in [3.8, 4) is 5.75 Å². The van der Waals surface area contributed by atoms with Gasteiger partial charge >= 0.3 is 0 Å². The van der Waals surface area contributed by atoms with Gasteiger partial charge in [0.1, 0.15) is 5.75 Å². The summed E-state index contributed by atoms with van der Waals surface area (Å²) in [5.74, 6) is 1.77. The smallest absolute Gasteiger partial charge is 0.122 e. The third kappa shape index (κ3) is 3.89. The summed E-state index contributed by atoms with van der Waals surface area (Å²) in [6, 6.07) is 5.89. The van der Waals surface area contributed by atoms with Crippen LogP contribution >= 0.6 is 11.6 Å². The largest absolute Gasteiger partial charge is 0.493 e. The van der Waals surface area contributed by atoms with E-state index in [1.54, 1.807) is 0 Å². The second-order valence-corrected chi connectivity index (χ2v) is 5.39. The molecule has 1 saturated heterocycles. The van der Waals surface area contributed by atoms with E-state index < -0.39 is 0 Å². The summed E-state index contributed by atoms with van der Waals surface area (Å²) in [5.41, 5.74) is 1.20. The number of halogens is 1. The van der Waals surface area contributed by atoms with E-state index in [-0.39, 0.29) is 0 Å². The molecule has 0 radical (unpaired) electrons. The predicted molar refractivity (Wildman–Crippen MR) is 76.5 cm³/mol. The monoisotopic (exact) mass is 267 g/mol. The van der Waals surface area contributed by atoms with Crippen LogP contribution in [0.15, 0.2) is 18.2 Å². The zero-order chi connectivity index (χ0) is 12.8. The van der Waals surface area contributed by atoms with Crippen molar-refractivity contribution in [2.75, 3.05) is 19.7 Å². The van der Waals surface area contributed by atoms with Gasteiger partial charge in [-0.05, 0) is 68.5 Å². The van der Waals surface area contributed by atoms with E-state index in [0.29, 0.717) is 0 Å². The van der Waals surface area contributed by atoms with Crippen molar-refractivity contribution in [2.24, 2.45) is 5.92 Å². The van der Waals surface area contributed by atoms with Crippen LogP contribution < -0.4 is 10.1 Å². The van der Waals surface area contributed by atoms with Gasteiger partial charge in [0, 0.05) is 5.02 Å². The molecule has 3 heteroatoms. The molecule has 1 heterocycles. The summed E-state index contributed by atoms with van der Waals surface area (Å²) in [7, 11) is 0. The van der Waals surface area contributed by atoms with Gasteiger partial charge in [0.15, 0.2) is 0 Å². The SMILES string of the molecule is CCc1cc(Cl)ccc1OCC[C@@H]1CCCNC1. The maximum Gasteiger partial charge on any atom is 0.122 e. The van der Waals surface area contributed by atoms with Crippen LogP contribution in [0.1, 0.15) is 31.7 Å². The summed E-state index contributed by atoms with van der Waals surface area (Å²) in [6.45, 7) is 5.25. The van der Waals surface area contributed by atoms with E-state index in [1.165, 1.54) is 24.9 Å². The Morgan fingerprint density at radius 1 is 1.44 bits per heavy atom. The van der Waals surface area contributed by atoms with Crippen LogP contribution in [-0.2, 0) is 6.42 Å². The zero-order valence-corrected chi connectivity index (χ0v) is 11.8. The highest BCUT2D eigenvalue weighted by atomic mass is 35.5. The molecule has 1 aliphatic rings. The number of nitrogens with one attached hydrogen (secondary N) is 1. The van der Waals surface area contributed by atoms with Crippen LogP contribution in [0.2, 0.25) is 5.02 Å². The van der Waals surface area contributed by atoms with E-state index in [2.05, 4.69) is 12.2 Å². The van der Waals surface area contributed by atoms with Crippen molar-refractivity contribution < 1.29 is 4.74 Å². The third-order valence-corrected chi connectivity index (χ3v) is 3.82. The molecule has 1 fully saturated rings. The summed E-state index contributed by atoms with van der Waals surface area (Å²) < 4.78 is 5.90. The Morgan fingerprint density at radius 2 is 2.33 bits per heavy atom. The first-order valence-corrected chi connectivity index (χ1v) is 7.29. The molecule has 2 nitrogen and oxygen atoms in total. The maximum absolute atomic E-state index is 5.99. The molecular formula is C15H22ClNO. The van der Waals surface area contributed by atoms with E-state index in [1.807, 2.05) is 18.2 Å². The van der Waals surface area contributed by atoms with Crippen molar-refractivity contribution in [2.45, 2.75) is 32.6 Å². The van der Waals surface area contributed by atoms with Gasteiger partial charge < -0.3 is 10.1 Å². The highest BCUT2D eigenvalue weighted by Crippen LogP contribution is 2.24. The van der Waals surface area contributed by atoms with Crippen LogP contribution in [0, 0.1) is 5.92 Å². The van der Waals surface area contributed by atoms with Gasteiger partial charge in [-0.15, -0.1) is 0 Å². The molecule has 0 aromatic heterocycles. The van der Waals surface area contributed by atoms with Gasteiger partial charge in [0.05, 0.1) is 6.61 Å². The average molecular weight is 268 g/mol. The number of hydrogen-bond acceptors (Lipinski definition) is 2. The average Bonchev–Trinajstić information content (AvgIpc) is 2.41. The molecule has 0 aliphatic carbocycles. The van der Waals surface area contributed by atoms with Crippen molar-refractivity contribution in [3.63, 3.8) is 0 Å². The van der Waals surface area contributed by atoms with E-state index >= 15 is 0 Å². The molecule has 0 unspecified atom stereocenters. The number of piperidine rings is 1. The Kier molecular flexibility index (Phi) is 5.33. The molecule has 0 bridgehead atoms. The number of ether oxygens (including phenoxy) is 1. The lowest BCUT2D eigenvalue weighted by atomic mass is 9.97. The van der Waals surface area contributed by atoms with Gasteiger partial charge in [-0.25, -0.2) is 0 Å². The second-order valence-electron chi connectivity index (χ2n) is 4.96. The Hall–Kier alpha value is -0.730. The molecule has 1 N–H and O–H groups in total. The highest BCUT2D eigenvalue weighted by molar-refractivity contribution is 6.30. The standard InChI is InChI=1S/C15H22ClNO/c1-2-13-10-14(16)5-6-15(13)18-9-7-12-4-3-8-17-11-12/h5-6,10,12,17H,2-4,7-9,11H2,1H3/t12-/m0/s1. The molecule has 0 saturated carbocycles. The topological polar surface area (TPSA) is 21.3 Å². The van der Waals surface area contributed by atoms with Crippen LogP contribution in [0.4, 0.5) is 0 Å². The van der Waals surface area contributed by atoms with E-state index in [0.717, 1.165) is 42.7 Å². The Morgan fingerprint density at radius 3 is 3.06 bits per heavy atom. The van der Waals surface area contributed by atoms with Gasteiger partial charge in [0.25, 0.3) is 0 Å². The maximum atomic E-state index is 5.99. The Balaban J connectivity index is 1.82. The van der Waals surface area contributed by atoms with Crippen LogP contribution in [0.5, 0.6) is 5.75 Å². The van der Waals surface area contributed by atoms with Gasteiger partial charge in [-0.1, -0.05) is 18.5 Å². The number of rotatable bonds is 5. The Bertz CT molecular complexity index is 375. The first-order chi connectivity index (χ1) is 8.79. The second kappa shape index (κ2) is 7.01. The van der Waals surface area contributed by atoms with Crippen LogP contribution in [0.3, 0.4) is 0 Å².